The molecular formula is C18H25N5O2. The lowest BCUT2D eigenvalue weighted by atomic mass is 9.95. The van der Waals surface area contributed by atoms with Crippen LogP contribution in [0.1, 0.15) is 37.2 Å². The van der Waals surface area contributed by atoms with Crippen molar-refractivity contribution in [3.63, 3.8) is 0 Å². The second-order valence-electron chi connectivity index (χ2n) is 6.71. The summed E-state index contributed by atoms with van der Waals surface area (Å²) in [4.78, 5) is 26.3. The third-order valence-corrected chi connectivity index (χ3v) is 4.87. The highest BCUT2D eigenvalue weighted by atomic mass is 16.2. The van der Waals surface area contributed by atoms with Crippen LogP contribution in [0.4, 0.5) is 0 Å². The van der Waals surface area contributed by atoms with Gasteiger partial charge in [-0.15, -0.1) is 0 Å². The van der Waals surface area contributed by atoms with E-state index in [1.807, 2.05) is 13.0 Å². The Morgan fingerprint density at radius 2 is 2.00 bits per heavy atom. The van der Waals surface area contributed by atoms with E-state index in [1.165, 1.54) is 10.1 Å². The van der Waals surface area contributed by atoms with E-state index in [-0.39, 0.29) is 23.6 Å². The maximum absolute atomic E-state index is 12.5. The van der Waals surface area contributed by atoms with Gasteiger partial charge in [-0.05, 0) is 38.4 Å². The van der Waals surface area contributed by atoms with Gasteiger partial charge in [-0.3, -0.25) is 14.3 Å². The smallest absolute Gasteiger partial charge is 0.343 e. The van der Waals surface area contributed by atoms with Crippen LogP contribution in [0.3, 0.4) is 0 Å². The van der Waals surface area contributed by atoms with Crippen LogP contribution >= 0.6 is 0 Å². The average Bonchev–Trinajstić information content (AvgIpc) is 2.95. The van der Waals surface area contributed by atoms with Crippen LogP contribution in [0.5, 0.6) is 0 Å². The Hall–Kier alpha value is -2.41. The van der Waals surface area contributed by atoms with E-state index in [1.54, 1.807) is 7.05 Å². The molecule has 0 saturated carbocycles. The van der Waals surface area contributed by atoms with Crippen molar-refractivity contribution < 1.29 is 4.79 Å². The summed E-state index contributed by atoms with van der Waals surface area (Å²) in [6.07, 6.45) is 1.70. The number of benzene rings is 1. The monoisotopic (exact) mass is 343 g/mol. The van der Waals surface area contributed by atoms with E-state index in [0.717, 1.165) is 32.5 Å². The molecule has 2 heterocycles. The molecular weight excluding hydrogens is 318 g/mol. The molecule has 2 N–H and O–H groups in total. The van der Waals surface area contributed by atoms with Crippen LogP contribution in [0.25, 0.3) is 0 Å². The Kier molecular flexibility index (Phi) is 5.33. The number of nitrogens with one attached hydrogen (secondary N) is 2. The van der Waals surface area contributed by atoms with Gasteiger partial charge in [-0.25, -0.2) is 9.89 Å². The zero-order valence-electron chi connectivity index (χ0n) is 14.7. The summed E-state index contributed by atoms with van der Waals surface area (Å²) in [6, 6.07) is 10.1. The van der Waals surface area contributed by atoms with E-state index < -0.39 is 0 Å². The third-order valence-electron chi connectivity index (χ3n) is 4.87. The summed E-state index contributed by atoms with van der Waals surface area (Å²) < 4.78 is 1.42. The predicted molar refractivity (Wildman–Crippen MR) is 94.8 cm³/mol. The van der Waals surface area contributed by atoms with Crippen LogP contribution in [-0.2, 0) is 18.4 Å². The second kappa shape index (κ2) is 7.65. The second-order valence-corrected chi connectivity index (χ2v) is 6.71. The van der Waals surface area contributed by atoms with Crippen molar-refractivity contribution in [1.29, 1.82) is 0 Å². The quantitative estimate of drug-likeness (QED) is 0.854. The maximum Gasteiger partial charge on any atom is 0.343 e. The van der Waals surface area contributed by atoms with Crippen LogP contribution in [-0.4, -0.2) is 38.7 Å². The summed E-state index contributed by atoms with van der Waals surface area (Å²) in [6.45, 7) is 4.61. The molecule has 7 heteroatoms. The molecule has 7 nitrogen and oxygen atoms in total. The number of amides is 1. The molecule has 1 saturated heterocycles. The van der Waals surface area contributed by atoms with Gasteiger partial charge in [0.15, 0.2) is 5.82 Å². The molecule has 1 aliphatic heterocycles. The van der Waals surface area contributed by atoms with Gasteiger partial charge in [0.2, 0.25) is 5.91 Å². The third kappa shape index (κ3) is 4.17. The van der Waals surface area contributed by atoms with Crippen LogP contribution in [0, 0.1) is 5.92 Å². The SMILES string of the molecule is CC(NC(=O)C1CCN(Cc2ccccc2)CC1)c1n[nH]c(=O)n1C. The lowest BCUT2D eigenvalue weighted by molar-refractivity contribution is -0.127. The van der Waals surface area contributed by atoms with Gasteiger partial charge in [0.1, 0.15) is 0 Å². The van der Waals surface area contributed by atoms with Gasteiger partial charge in [-0.2, -0.15) is 5.10 Å². The number of hydrogen-bond acceptors (Lipinski definition) is 4. The first-order valence-corrected chi connectivity index (χ1v) is 8.72. The summed E-state index contributed by atoms with van der Waals surface area (Å²) in [5.41, 5.74) is 1.03. The highest BCUT2D eigenvalue weighted by molar-refractivity contribution is 5.79. The number of likely N-dealkylation sites (tertiary alicyclic amines) is 1. The topological polar surface area (TPSA) is 83.0 Å². The fraction of sp³-hybridized carbons (Fsp3) is 0.500. The summed E-state index contributed by atoms with van der Waals surface area (Å²) in [7, 11) is 1.64. The lowest BCUT2D eigenvalue weighted by Crippen LogP contribution is -2.41. The van der Waals surface area contributed by atoms with Crippen LogP contribution in [0.2, 0.25) is 0 Å². The van der Waals surface area contributed by atoms with Crippen molar-refractivity contribution in [1.82, 2.24) is 25.0 Å². The Morgan fingerprint density at radius 3 is 2.60 bits per heavy atom. The van der Waals surface area contributed by atoms with Gasteiger partial charge in [-0.1, -0.05) is 30.3 Å². The molecule has 0 aliphatic carbocycles. The minimum absolute atomic E-state index is 0.0189. The summed E-state index contributed by atoms with van der Waals surface area (Å²) in [5, 5.41) is 9.36. The van der Waals surface area contributed by atoms with Gasteiger partial charge in [0, 0.05) is 19.5 Å². The molecule has 1 fully saturated rings. The fourth-order valence-electron chi connectivity index (χ4n) is 3.34. The molecule has 0 spiro atoms. The first kappa shape index (κ1) is 17.4. The number of aromatic amines is 1. The van der Waals surface area contributed by atoms with Crippen molar-refractivity contribution in [2.24, 2.45) is 13.0 Å². The first-order valence-electron chi connectivity index (χ1n) is 8.72. The lowest BCUT2D eigenvalue weighted by Gasteiger charge is -2.31. The molecule has 1 unspecified atom stereocenters. The standard InChI is InChI=1S/C18H25N5O2/c1-13(16-20-21-18(25)22(16)2)19-17(24)15-8-10-23(11-9-15)12-14-6-4-3-5-7-14/h3-7,13,15H,8-12H2,1-2H3,(H,19,24)(H,21,25). The van der Waals surface area contributed by atoms with Gasteiger partial charge in [0.05, 0.1) is 6.04 Å². The van der Waals surface area contributed by atoms with E-state index in [4.69, 9.17) is 0 Å². The average molecular weight is 343 g/mol. The van der Waals surface area contributed by atoms with Crippen molar-refractivity contribution >= 4 is 5.91 Å². The Morgan fingerprint density at radius 1 is 1.32 bits per heavy atom. The molecule has 0 radical (unpaired) electrons. The normalized spacial score (nSPS) is 17.4. The number of rotatable bonds is 5. The molecule has 1 amide bonds. The van der Waals surface area contributed by atoms with Gasteiger partial charge >= 0.3 is 5.69 Å². The van der Waals surface area contributed by atoms with Crippen molar-refractivity contribution in [3.05, 3.63) is 52.2 Å². The fourth-order valence-corrected chi connectivity index (χ4v) is 3.34. The van der Waals surface area contributed by atoms with Crippen LogP contribution in [0.15, 0.2) is 35.1 Å². The maximum atomic E-state index is 12.5. The highest BCUT2D eigenvalue weighted by Crippen LogP contribution is 2.20. The molecule has 1 aromatic heterocycles. The first-order chi connectivity index (χ1) is 12.0. The molecule has 2 aromatic rings. The summed E-state index contributed by atoms with van der Waals surface area (Å²) >= 11 is 0. The highest BCUT2D eigenvalue weighted by Gasteiger charge is 2.26. The van der Waals surface area contributed by atoms with Crippen molar-refractivity contribution in [2.45, 2.75) is 32.4 Å². The number of carbonyl (C=O) groups excluding carboxylic acids is 1. The molecule has 1 aromatic carbocycles. The van der Waals surface area contributed by atoms with Gasteiger partial charge in [0.25, 0.3) is 0 Å². The van der Waals surface area contributed by atoms with Crippen molar-refractivity contribution in [2.75, 3.05) is 13.1 Å². The minimum Gasteiger partial charge on any atom is -0.346 e. The van der Waals surface area contributed by atoms with E-state index in [0.29, 0.717) is 5.82 Å². The molecule has 134 valence electrons. The van der Waals surface area contributed by atoms with Crippen molar-refractivity contribution in [3.8, 4) is 0 Å². The zero-order valence-corrected chi connectivity index (χ0v) is 14.7. The minimum atomic E-state index is -0.293. The van der Waals surface area contributed by atoms with E-state index >= 15 is 0 Å². The molecule has 1 atom stereocenters. The Labute approximate surface area is 147 Å². The number of piperidine rings is 1. The zero-order chi connectivity index (χ0) is 17.8. The largest absolute Gasteiger partial charge is 0.346 e. The molecule has 25 heavy (non-hydrogen) atoms. The molecule has 3 rings (SSSR count). The van der Waals surface area contributed by atoms with E-state index in [2.05, 4.69) is 44.7 Å². The Balaban J connectivity index is 1.50. The number of H-pyrrole nitrogens is 1. The van der Waals surface area contributed by atoms with Crippen LogP contribution < -0.4 is 11.0 Å². The molecule has 1 aliphatic rings. The number of hydrogen-bond donors (Lipinski definition) is 2. The Bertz CT molecular complexity index is 759. The number of aromatic nitrogens is 3. The number of nitrogens with zero attached hydrogens (tertiary/aromatic N) is 3. The molecule has 0 bridgehead atoms. The van der Waals surface area contributed by atoms with Gasteiger partial charge < -0.3 is 5.32 Å². The van der Waals surface area contributed by atoms with E-state index in [9.17, 15) is 9.59 Å². The summed E-state index contributed by atoms with van der Waals surface area (Å²) in [5.74, 6) is 0.604. The predicted octanol–water partition coefficient (Wildman–Crippen LogP) is 1.20. The number of carbonyl (C=O) groups is 1.